The molecule has 0 aliphatic carbocycles. The number of pyridine rings is 1. The molecule has 0 N–H and O–H groups in total. The highest BCUT2D eigenvalue weighted by Crippen LogP contribution is 2.30. The van der Waals surface area contributed by atoms with E-state index >= 15 is 0 Å². The molecular formula is C9H6F5NO3. The summed E-state index contributed by atoms with van der Waals surface area (Å²) >= 11 is 0. The molecule has 1 aromatic heterocycles. The molecular weight excluding hydrogens is 265 g/mol. The van der Waals surface area contributed by atoms with Crippen molar-refractivity contribution >= 4 is 5.97 Å². The summed E-state index contributed by atoms with van der Waals surface area (Å²) in [5.41, 5.74) is -1.79. The number of ether oxygens (including phenoxy) is 2. The number of carbonyl (C=O) groups excluding carboxylic acids is 1. The lowest BCUT2D eigenvalue weighted by atomic mass is 10.2. The second-order valence-corrected chi connectivity index (χ2v) is 2.95. The van der Waals surface area contributed by atoms with Crippen molar-refractivity contribution in [2.75, 3.05) is 7.11 Å². The molecule has 0 aliphatic heterocycles. The van der Waals surface area contributed by atoms with Gasteiger partial charge in [-0.15, -0.1) is 13.2 Å². The molecule has 0 fully saturated rings. The zero-order chi connectivity index (χ0) is 13.9. The lowest BCUT2D eigenvalue weighted by molar-refractivity contribution is -0.276. The Morgan fingerprint density at radius 3 is 2.50 bits per heavy atom. The Bertz CT molecular complexity index is 460. The molecule has 0 saturated carbocycles. The van der Waals surface area contributed by atoms with E-state index in [1.165, 1.54) is 0 Å². The Labute approximate surface area is 97.3 Å². The summed E-state index contributed by atoms with van der Waals surface area (Å²) in [4.78, 5) is 14.2. The largest absolute Gasteiger partial charge is 0.573 e. The fourth-order valence-corrected chi connectivity index (χ4v) is 1.07. The normalized spacial score (nSPS) is 11.2. The van der Waals surface area contributed by atoms with Crippen molar-refractivity contribution in [2.45, 2.75) is 13.0 Å². The molecule has 0 radical (unpaired) electrons. The highest BCUT2D eigenvalue weighted by molar-refractivity contribution is 5.88. The number of hydrogen-bond donors (Lipinski definition) is 0. The summed E-state index contributed by atoms with van der Waals surface area (Å²) in [6.07, 6.45) is -4.66. The van der Waals surface area contributed by atoms with E-state index in [1.54, 1.807) is 0 Å². The van der Waals surface area contributed by atoms with Crippen molar-refractivity contribution in [3.05, 3.63) is 23.3 Å². The van der Waals surface area contributed by atoms with Gasteiger partial charge in [-0.3, -0.25) is 0 Å². The molecule has 0 aromatic carbocycles. The third kappa shape index (κ3) is 3.05. The number of nitrogens with zero attached hydrogens (tertiary/aromatic N) is 1. The van der Waals surface area contributed by atoms with Crippen molar-refractivity contribution in [3.63, 3.8) is 0 Å². The summed E-state index contributed by atoms with van der Waals surface area (Å²) in [5.74, 6) is -4.46. The fraction of sp³-hybridized carbons (Fsp3) is 0.333. The monoisotopic (exact) mass is 271 g/mol. The first-order valence-electron chi connectivity index (χ1n) is 4.37. The van der Waals surface area contributed by atoms with Crippen LogP contribution >= 0.6 is 0 Å². The number of methoxy groups -OCH3 is 1. The maximum atomic E-state index is 13.5. The van der Waals surface area contributed by atoms with Crippen LogP contribution in [0.1, 0.15) is 16.1 Å². The Hall–Kier alpha value is -1.93. The van der Waals surface area contributed by atoms with Gasteiger partial charge in [-0.05, 0) is 0 Å². The molecule has 9 heteroatoms. The molecule has 0 amide bonds. The van der Waals surface area contributed by atoms with Crippen LogP contribution in [0.25, 0.3) is 0 Å². The first-order chi connectivity index (χ1) is 8.30. The number of rotatable bonds is 3. The maximum Gasteiger partial charge on any atom is 0.573 e. The molecule has 1 rings (SSSR count). The van der Waals surface area contributed by atoms with Gasteiger partial charge in [0.2, 0.25) is 0 Å². The van der Waals surface area contributed by atoms with Crippen molar-refractivity contribution in [3.8, 4) is 5.75 Å². The van der Waals surface area contributed by atoms with Gasteiger partial charge in [-0.25, -0.2) is 18.6 Å². The molecule has 0 saturated heterocycles. The molecule has 0 unspecified atom stereocenters. The highest BCUT2D eigenvalue weighted by atomic mass is 19.4. The summed E-state index contributed by atoms with van der Waals surface area (Å²) in [6.45, 7) is -1.43. The summed E-state index contributed by atoms with van der Waals surface area (Å²) in [5, 5.41) is 0. The minimum absolute atomic E-state index is 0.566. The minimum atomic E-state index is -5.22. The van der Waals surface area contributed by atoms with Crippen LogP contribution in [0.15, 0.2) is 6.20 Å². The smallest absolute Gasteiger partial charge is 0.464 e. The summed E-state index contributed by atoms with van der Waals surface area (Å²) in [6, 6.07) is 0. The van der Waals surface area contributed by atoms with E-state index in [1.807, 2.05) is 0 Å². The molecule has 0 aliphatic rings. The van der Waals surface area contributed by atoms with Gasteiger partial charge in [0.25, 0.3) is 0 Å². The second-order valence-electron chi connectivity index (χ2n) is 2.95. The van der Waals surface area contributed by atoms with Gasteiger partial charge in [0.05, 0.1) is 7.11 Å². The van der Waals surface area contributed by atoms with Crippen molar-refractivity contribution in [1.29, 1.82) is 0 Å². The van der Waals surface area contributed by atoms with E-state index in [-0.39, 0.29) is 0 Å². The van der Waals surface area contributed by atoms with Gasteiger partial charge >= 0.3 is 12.3 Å². The molecule has 0 atom stereocenters. The highest BCUT2D eigenvalue weighted by Gasteiger charge is 2.35. The standard InChI is InChI=1S/C9H6F5NO3/c1-17-8(16)6-5(11)7(18-9(12,13)14)4(2-10)3-15-6/h3H,2H2,1H3. The van der Waals surface area contributed by atoms with Crippen LogP contribution in [-0.2, 0) is 11.4 Å². The predicted octanol–water partition coefficient (Wildman–Crippen LogP) is 2.38. The quantitative estimate of drug-likeness (QED) is 0.625. The van der Waals surface area contributed by atoms with E-state index in [9.17, 15) is 26.7 Å². The number of carbonyl (C=O) groups is 1. The maximum absolute atomic E-state index is 13.5. The first kappa shape index (κ1) is 14.1. The van der Waals surface area contributed by atoms with Crippen LogP contribution in [0.2, 0.25) is 0 Å². The minimum Gasteiger partial charge on any atom is -0.464 e. The molecule has 18 heavy (non-hydrogen) atoms. The van der Waals surface area contributed by atoms with E-state index in [0.717, 1.165) is 7.11 Å². The molecule has 100 valence electrons. The zero-order valence-corrected chi connectivity index (χ0v) is 8.85. The van der Waals surface area contributed by atoms with Gasteiger partial charge in [-0.2, -0.15) is 0 Å². The second kappa shape index (κ2) is 5.15. The third-order valence-corrected chi connectivity index (χ3v) is 1.79. The lowest BCUT2D eigenvalue weighted by Gasteiger charge is -2.13. The molecule has 1 aromatic rings. The fourth-order valence-electron chi connectivity index (χ4n) is 1.07. The molecule has 4 nitrogen and oxygen atoms in total. The predicted molar refractivity (Wildman–Crippen MR) is 47.0 cm³/mol. The average Bonchev–Trinajstić information content (AvgIpc) is 2.29. The number of alkyl halides is 4. The summed E-state index contributed by atoms with van der Waals surface area (Å²) in [7, 11) is 0.886. The van der Waals surface area contributed by atoms with E-state index < -0.39 is 41.8 Å². The topological polar surface area (TPSA) is 48.4 Å². The lowest BCUT2D eigenvalue weighted by Crippen LogP contribution is -2.20. The van der Waals surface area contributed by atoms with Crippen LogP contribution < -0.4 is 4.74 Å². The number of halogens is 5. The van der Waals surface area contributed by atoms with Gasteiger partial charge in [0.1, 0.15) is 6.67 Å². The Morgan fingerprint density at radius 2 is 2.06 bits per heavy atom. The van der Waals surface area contributed by atoms with Gasteiger partial charge in [0, 0.05) is 11.8 Å². The number of esters is 1. The van der Waals surface area contributed by atoms with Crippen LogP contribution in [0.3, 0.4) is 0 Å². The molecule has 0 spiro atoms. The van der Waals surface area contributed by atoms with Crippen LogP contribution in [-0.4, -0.2) is 24.4 Å². The van der Waals surface area contributed by atoms with Crippen molar-refractivity contribution in [2.24, 2.45) is 0 Å². The van der Waals surface area contributed by atoms with E-state index in [2.05, 4.69) is 14.5 Å². The number of aromatic nitrogens is 1. The van der Waals surface area contributed by atoms with Gasteiger partial charge < -0.3 is 9.47 Å². The summed E-state index contributed by atoms with van der Waals surface area (Å²) < 4.78 is 69.4. The molecule has 1 heterocycles. The Morgan fingerprint density at radius 1 is 1.44 bits per heavy atom. The van der Waals surface area contributed by atoms with Crippen LogP contribution in [0.5, 0.6) is 5.75 Å². The zero-order valence-electron chi connectivity index (χ0n) is 8.85. The SMILES string of the molecule is COC(=O)c1ncc(CF)c(OC(F)(F)F)c1F. The average molecular weight is 271 g/mol. The first-order valence-corrected chi connectivity index (χ1v) is 4.37. The van der Waals surface area contributed by atoms with E-state index in [0.29, 0.717) is 6.20 Å². The van der Waals surface area contributed by atoms with Crippen LogP contribution in [0, 0.1) is 5.82 Å². The Kier molecular flexibility index (Phi) is 4.04. The molecule has 0 bridgehead atoms. The van der Waals surface area contributed by atoms with Gasteiger partial charge in [0.15, 0.2) is 17.3 Å². The van der Waals surface area contributed by atoms with Crippen LogP contribution in [0.4, 0.5) is 22.0 Å². The van der Waals surface area contributed by atoms with Gasteiger partial charge in [-0.1, -0.05) is 0 Å². The van der Waals surface area contributed by atoms with Crippen molar-refractivity contribution < 1.29 is 36.2 Å². The Balaban J connectivity index is 3.31. The van der Waals surface area contributed by atoms with E-state index in [4.69, 9.17) is 0 Å². The third-order valence-electron chi connectivity index (χ3n) is 1.79. The number of hydrogen-bond acceptors (Lipinski definition) is 4. The van der Waals surface area contributed by atoms with Crippen molar-refractivity contribution in [1.82, 2.24) is 4.98 Å².